The van der Waals surface area contributed by atoms with Crippen molar-refractivity contribution in [2.45, 2.75) is 50.9 Å². The molecule has 3 amide bonds. The predicted molar refractivity (Wildman–Crippen MR) is 105 cm³/mol. The first kappa shape index (κ1) is 18.7. The normalized spacial score (nSPS) is 17.1. The summed E-state index contributed by atoms with van der Waals surface area (Å²) in [6.45, 7) is 0.225. The summed E-state index contributed by atoms with van der Waals surface area (Å²) in [5, 5.41) is 12.6. The Kier molecular flexibility index (Phi) is 5.47. The summed E-state index contributed by atoms with van der Waals surface area (Å²) < 4.78 is 0. The molecule has 0 atom stereocenters. The topological polar surface area (TPSA) is 92.3 Å². The van der Waals surface area contributed by atoms with Gasteiger partial charge < -0.3 is 5.32 Å². The molecule has 1 saturated carbocycles. The lowest BCUT2D eigenvalue weighted by Gasteiger charge is -2.18. The van der Waals surface area contributed by atoms with Crippen molar-refractivity contribution >= 4 is 34.2 Å². The molecule has 28 heavy (non-hydrogen) atoms. The number of anilines is 1. The Morgan fingerprint density at radius 1 is 1.07 bits per heavy atom. The van der Waals surface area contributed by atoms with Crippen molar-refractivity contribution in [1.82, 2.24) is 15.1 Å². The fraction of sp³-hybridized carbons (Fsp3) is 0.450. The number of nitrogens with one attached hydrogen (secondary N) is 1. The maximum absolute atomic E-state index is 12.3. The highest BCUT2D eigenvalue weighted by molar-refractivity contribution is 7.15. The SMILES string of the molecule is O=C(CCCN1C(=O)c2ccccc2C1=O)Nc1nnc(C2CCCCC2)s1. The van der Waals surface area contributed by atoms with Gasteiger partial charge in [-0.1, -0.05) is 42.7 Å². The zero-order valence-corrected chi connectivity index (χ0v) is 16.3. The molecule has 2 aromatic rings. The highest BCUT2D eigenvalue weighted by atomic mass is 32.1. The molecular formula is C20H22N4O3S. The van der Waals surface area contributed by atoms with E-state index in [4.69, 9.17) is 0 Å². The molecule has 0 radical (unpaired) electrons. The molecule has 0 saturated heterocycles. The van der Waals surface area contributed by atoms with Crippen molar-refractivity contribution in [2.75, 3.05) is 11.9 Å². The van der Waals surface area contributed by atoms with Gasteiger partial charge in [0.15, 0.2) is 0 Å². The second-order valence-corrected chi connectivity index (χ2v) is 8.25. The Hall–Kier alpha value is -2.61. The van der Waals surface area contributed by atoms with E-state index in [2.05, 4.69) is 15.5 Å². The molecule has 8 heteroatoms. The van der Waals surface area contributed by atoms with Crippen LogP contribution in [0.25, 0.3) is 0 Å². The number of amides is 3. The molecular weight excluding hydrogens is 376 g/mol. The highest BCUT2D eigenvalue weighted by Gasteiger charge is 2.34. The molecule has 0 unspecified atom stereocenters. The number of carbonyl (C=O) groups excluding carboxylic acids is 3. The lowest BCUT2D eigenvalue weighted by atomic mass is 9.90. The van der Waals surface area contributed by atoms with Gasteiger partial charge in [-0.05, 0) is 31.4 Å². The zero-order valence-electron chi connectivity index (χ0n) is 15.5. The van der Waals surface area contributed by atoms with Crippen LogP contribution < -0.4 is 5.32 Å². The Morgan fingerprint density at radius 3 is 2.43 bits per heavy atom. The number of aromatic nitrogens is 2. The summed E-state index contributed by atoms with van der Waals surface area (Å²) in [7, 11) is 0. The first-order chi connectivity index (χ1) is 13.6. The van der Waals surface area contributed by atoms with Crippen LogP contribution in [0.5, 0.6) is 0 Å². The molecule has 4 rings (SSSR count). The van der Waals surface area contributed by atoms with Crippen LogP contribution in [0.2, 0.25) is 0 Å². The van der Waals surface area contributed by atoms with Crippen LogP contribution in [-0.2, 0) is 4.79 Å². The number of nitrogens with zero attached hydrogens (tertiary/aromatic N) is 3. The third-order valence-corrected chi connectivity index (χ3v) is 6.31. The Labute approximate surface area is 167 Å². The van der Waals surface area contributed by atoms with Gasteiger partial charge in [-0.15, -0.1) is 10.2 Å². The molecule has 7 nitrogen and oxygen atoms in total. The number of imide groups is 1. The maximum Gasteiger partial charge on any atom is 0.261 e. The fourth-order valence-corrected chi connectivity index (χ4v) is 4.75. The fourth-order valence-electron chi connectivity index (χ4n) is 3.82. The van der Waals surface area contributed by atoms with Crippen molar-refractivity contribution in [3.05, 3.63) is 40.4 Å². The number of benzene rings is 1. The van der Waals surface area contributed by atoms with E-state index in [1.54, 1.807) is 24.3 Å². The van der Waals surface area contributed by atoms with Gasteiger partial charge in [0.2, 0.25) is 11.0 Å². The Bertz CT molecular complexity index is 869. The number of fused-ring (bicyclic) bond motifs is 1. The summed E-state index contributed by atoms with van der Waals surface area (Å²) in [4.78, 5) is 38.0. The molecule has 1 aromatic carbocycles. The van der Waals surface area contributed by atoms with Crippen LogP contribution in [0.3, 0.4) is 0 Å². The first-order valence-corrected chi connectivity index (χ1v) is 10.5. The lowest BCUT2D eigenvalue weighted by Crippen LogP contribution is -2.31. The van der Waals surface area contributed by atoms with E-state index in [1.165, 1.54) is 35.5 Å². The highest BCUT2D eigenvalue weighted by Crippen LogP contribution is 2.35. The number of rotatable bonds is 6. The van der Waals surface area contributed by atoms with Gasteiger partial charge >= 0.3 is 0 Å². The van der Waals surface area contributed by atoms with Crippen molar-refractivity contribution in [3.63, 3.8) is 0 Å². The van der Waals surface area contributed by atoms with Crippen LogP contribution in [0.15, 0.2) is 24.3 Å². The lowest BCUT2D eigenvalue weighted by molar-refractivity contribution is -0.116. The van der Waals surface area contributed by atoms with Gasteiger partial charge in [-0.3, -0.25) is 19.3 Å². The summed E-state index contributed by atoms with van der Waals surface area (Å²) in [5.74, 6) is -0.293. The molecule has 1 aromatic heterocycles. The smallest absolute Gasteiger partial charge is 0.261 e. The average molecular weight is 398 g/mol. The minimum atomic E-state index is -0.290. The third kappa shape index (κ3) is 3.82. The largest absolute Gasteiger partial charge is 0.301 e. The van der Waals surface area contributed by atoms with Gasteiger partial charge in [0.1, 0.15) is 5.01 Å². The van der Waals surface area contributed by atoms with E-state index in [9.17, 15) is 14.4 Å². The molecule has 1 fully saturated rings. The van der Waals surface area contributed by atoms with Crippen LogP contribution >= 0.6 is 11.3 Å². The summed E-state index contributed by atoms with van der Waals surface area (Å²) in [6.07, 6.45) is 6.64. The van der Waals surface area contributed by atoms with Gasteiger partial charge in [0, 0.05) is 18.9 Å². The van der Waals surface area contributed by atoms with Crippen LogP contribution in [-0.4, -0.2) is 39.4 Å². The second kappa shape index (κ2) is 8.18. The summed E-state index contributed by atoms with van der Waals surface area (Å²) >= 11 is 1.45. The first-order valence-electron chi connectivity index (χ1n) is 9.72. The second-order valence-electron chi connectivity index (χ2n) is 7.24. The molecule has 0 spiro atoms. The minimum absolute atomic E-state index is 0.178. The number of hydrogen-bond acceptors (Lipinski definition) is 6. The predicted octanol–water partition coefficient (Wildman–Crippen LogP) is 3.60. The van der Waals surface area contributed by atoms with Crippen LogP contribution in [0, 0.1) is 0 Å². The Balaban J connectivity index is 1.26. The summed E-state index contributed by atoms with van der Waals surface area (Å²) in [6, 6.07) is 6.79. The van der Waals surface area contributed by atoms with Crippen LogP contribution in [0.1, 0.15) is 76.6 Å². The zero-order chi connectivity index (χ0) is 19.5. The molecule has 1 aliphatic carbocycles. The van der Waals surface area contributed by atoms with Gasteiger partial charge in [0.25, 0.3) is 11.8 Å². The molecule has 1 aliphatic heterocycles. The minimum Gasteiger partial charge on any atom is -0.301 e. The van der Waals surface area contributed by atoms with Gasteiger partial charge in [0.05, 0.1) is 11.1 Å². The maximum atomic E-state index is 12.3. The van der Waals surface area contributed by atoms with E-state index >= 15 is 0 Å². The van der Waals surface area contributed by atoms with Crippen LogP contribution in [0.4, 0.5) is 5.13 Å². The standard InChI is InChI=1S/C20H22N4O3S/c25-16(21-20-23-22-17(28-20)13-7-2-1-3-8-13)11-6-12-24-18(26)14-9-4-5-10-15(14)19(24)27/h4-5,9-10,13H,1-3,6-8,11-12H2,(H,21,23,25). The van der Waals surface area contributed by atoms with E-state index < -0.39 is 0 Å². The molecule has 0 bridgehead atoms. The monoisotopic (exact) mass is 398 g/mol. The van der Waals surface area contributed by atoms with Gasteiger partial charge in [-0.2, -0.15) is 0 Å². The Morgan fingerprint density at radius 2 is 1.75 bits per heavy atom. The average Bonchev–Trinajstić information content (AvgIpc) is 3.28. The number of carbonyl (C=O) groups is 3. The summed E-state index contributed by atoms with van der Waals surface area (Å²) in [5.41, 5.74) is 0.863. The molecule has 2 heterocycles. The molecule has 1 N–H and O–H groups in total. The van der Waals surface area contributed by atoms with E-state index in [0.29, 0.717) is 28.6 Å². The van der Waals surface area contributed by atoms with Crippen molar-refractivity contribution in [2.24, 2.45) is 0 Å². The molecule has 146 valence electrons. The van der Waals surface area contributed by atoms with E-state index in [-0.39, 0.29) is 30.7 Å². The van der Waals surface area contributed by atoms with E-state index in [0.717, 1.165) is 17.8 Å². The quantitative estimate of drug-likeness (QED) is 0.751. The number of hydrogen-bond donors (Lipinski definition) is 1. The van der Waals surface area contributed by atoms with Crippen molar-refractivity contribution in [1.29, 1.82) is 0 Å². The van der Waals surface area contributed by atoms with Gasteiger partial charge in [-0.25, -0.2) is 0 Å². The third-order valence-electron chi connectivity index (χ3n) is 5.31. The van der Waals surface area contributed by atoms with Crippen molar-refractivity contribution < 1.29 is 14.4 Å². The van der Waals surface area contributed by atoms with Crippen molar-refractivity contribution in [3.8, 4) is 0 Å². The van der Waals surface area contributed by atoms with E-state index in [1.807, 2.05) is 0 Å². The molecule has 2 aliphatic rings.